The van der Waals surface area contributed by atoms with Crippen LogP contribution in [-0.2, 0) is 4.74 Å². The standard InChI is InChI=1S/C10H17FN4O3/c1-13-8-5(4-16)18-9(7(8)11)15-3-2-6(12)14-10(15)17/h2-3,5,7-10,13,16-17H,4H2,1H3,(H2,12,14)/t5-,7?,8?,9?,10?/m1/s1. The molecule has 7 nitrogen and oxygen atoms in total. The molecular weight excluding hydrogens is 243 g/mol. The van der Waals surface area contributed by atoms with E-state index in [1.165, 1.54) is 17.2 Å². The first-order chi connectivity index (χ1) is 8.58. The molecule has 2 aliphatic heterocycles. The Balaban J connectivity index is 2.13. The first-order valence-corrected chi connectivity index (χ1v) is 5.63. The van der Waals surface area contributed by atoms with Gasteiger partial charge in [0.25, 0.3) is 0 Å². The van der Waals surface area contributed by atoms with Gasteiger partial charge in [0.05, 0.1) is 12.6 Å². The molecule has 2 rings (SSSR count). The smallest absolute Gasteiger partial charge is 0.229 e. The van der Waals surface area contributed by atoms with Gasteiger partial charge >= 0.3 is 0 Å². The van der Waals surface area contributed by atoms with Gasteiger partial charge in [-0.2, -0.15) is 0 Å². The Kier molecular flexibility index (Phi) is 3.81. The van der Waals surface area contributed by atoms with Crippen LogP contribution < -0.4 is 11.1 Å². The van der Waals surface area contributed by atoms with E-state index in [9.17, 15) is 9.50 Å². The van der Waals surface area contributed by atoms with Crippen LogP contribution in [0.1, 0.15) is 0 Å². The quantitative estimate of drug-likeness (QED) is 0.472. The Morgan fingerprint density at radius 3 is 2.89 bits per heavy atom. The maximum absolute atomic E-state index is 14.2. The monoisotopic (exact) mass is 260 g/mol. The lowest BCUT2D eigenvalue weighted by molar-refractivity contribution is -0.120. The Morgan fingerprint density at radius 1 is 1.67 bits per heavy atom. The highest BCUT2D eigenvalue weighted by Gasteiger charge is 2.47. The second kappa shape index (κ2) is 5.19. The van der Waals surface area contributed by atoms with E-state index < -0.39 is 30.9 Å². The fraction of sp³-hybridized carbons (Fsp3) is 0.700. The number of aliphatic hydroxyl groups excluding tert-OH is 2. The maximum atomic E-state index is 14.2. The largest absolute Gasteiger partial charge is 0.394 e. The first-order valence-electron chi connectivity index (χ1n) is 5.63. The van der Waals surface area contributed by atoms with Crippen LogP contribution in [0, 0.1) is 0 Å². The molecule has 2 aliphatic rings. The molecule has 4 unspecified atom stereocenters. The van der Waals surface area contributed by atoms with Crippen LogP contribution in [0.4, 0.5) is 4.39 Å². The second-order valence-electron chi connectivity index (χ2n) is 4.17. The topological polar surface area (TPSA) is 103 Å². The Hall–Kier alpha value is -1.22. The molecule has 5 N–H and O–H groups in total. The molecule has 5 atom stereocenters. The summed E-state index contributed by atoms with van der Waals surface area (Å²) in [5, 5.41) is 21.6. The molecule has 0 aromatic rings. The lowest BCUT2D eigenvalue weighted by Gasteiger charge is -2.32. The van der Waals surface area contributed by atoms with Gasteiger partial charge in [0.1, 0.15) is 11.9 Å². The predicted molar refractivity (Wildman–Crippen MR) is 62.1 cm³/mol. The number of hydrogen-bond donors (Lipinski definition) is 4. The first kappa shape index (κ1) is 13.2. The van der Waals surface area contributed by atoms with Crippen molar-refractivity contribution in [2.24, 2.45) is 10.7 Å². The normalized spacial score (nSPS) is 40.1. The average molecular weight is 260 g/mol. The number of nitrogens with one attached hydrogen (secondary N) is 1. The summed E-state index contributed by atoms with van der Waals surface area (Å²) in [6, 6.07) is -0.635. The summed E-state index contributed by atoms with van der Waals surface area (Å²) in [4.78, 5) is 4.93. The van der Waals surface area contributed by atoms with Crippen molar-refractivity contribution in [2.45, 2.75) is 30.9 Å². The molecular formula is C10H17FN4O3. The molecule has 0 amide bonds. The minimum Gasteiger partial charge on any atom is -0.394 e. The zero-order valence-corrected chi connectivity index (χ0v) is 9.90. The number of nitrogens with two attached hydrogens (primary N) is 1. The van der Waals surface area contributed by atoms with Crippen LogP contribution in [0.15, 0.2) is 17.3 Å². The van der Waals surface area contributed by atoms with Gasteiger partial charge in [-0.25, -0.2) is 9.38 Å². The number of nitrogens with zero attached hydrogens (tertiary/aromatic N) is 2. The minimum atomic E-state index is -1.40. The number of halogens is 1. The van der Waals surface area contributed by atoms with Gasteiger partial charge in [-0.15, -0.1) is 0 Å². The van der Waals surface area contributed by atoms with Crippen LogP contribution in [-0.4, -0.2) is 65.5 Å². The summed E-state index contributed by atoms with van der Waals surface area (Å²) in [5.41, 5.74) is 5.42. The number of likely N-dealkylation sites (N-methyl/N-ethyl adjacent to an activating group) is 1. The molecule has 102 valence electrons. The molecule has 0 aromatic carbocycles. The molecule has 18 heavy (non-hydrogen) atoms. The van der Waals surface area contributed by atoms with E-state index in [1.54, 1.807) is 7.05 Å². The van der Waals surface area contributed by atoms with E-state index in [4.69, 9.17) is 15.6 Å². The highest BCUT2D eigenvalue weighted by atomic mass is 19.1. The van der Waals surface area contributed by atoms with Crippen molar-refractivity contribution in [3.8, 4) is 0 Å². The van der Waals surface area contributed by atoms with E-state index in [2.05, 4.69) is 10.3 Å². The summed E-state index contributed by atoms with van der Waals surface area (Å²) >= 11 is 0. The number of alkyl halides is 1. The minimum absolute atomic E-state index is 0.163. The Bertz CT molecular complexity index is 365. The third-order valence-electron chi connectivity index (χ3n) is 3.09. The van der Waals surface area contributed by atoms with Crippen LogP contribution in [0.3, 0.4) is 0 Å². The summed E-state index contributed by atoms with van der Waals surface area (Å²) in [7, 11) is 1.59. The Labute approximate surface area is 104 Å². The molecule has 0 aliphatic carbocycles. The SMILES string of the molecule is CNC1C(F)C(N2C=CC(N)=NC2O)O[C@@H]1CO. The average Bonchev–Trinajstić information content (AvgIpc) is 2.66. The van der Waals surface area contributed by atoms with Crippen molar-refractivity contribution in [1.82, 2.24) is 10.2 Å². The number of aliphatic hydroxyl groups is 2. The van der Waals surface area contributed by atoms with Crippen molar-refractivity contribution in [2.75, 3.05) is 13.7 Å². The van der Waals surface area contributed by atoms with Gasteiger partial charge in [0.15, 0.2) is 12.4 Å². The predicted octanol–water partition coefficient (Wildman–Crippen LogP) is -1.91. The van der Waals surface area contributed by atoms with Crippen molar-refractivity contribution >= 4 is 5.84 Å². The van der Waals surface area contributed by atoms with Crippen molar-refractivity contribution in [1.29, 1.82) is 0 Å². The molecule has 0 aromatic heterocycles. The van der Waals surface area contributed by atoms with Gasteiger partial charge in [-0.05, 0) is 13.1 Å². The summed E-state index contributed by atoms with van der Waals surface area (Å²) < 4.78 is 19.6. The summed E-state index contributed by atoms with van der Waals surface area (Å²) in [6.45, 7) is -0.304. The number of ether oxygens (including phenoxy) is 1. The van der Waals surface area contributed by atoms with Gasteiger partial charge in [0, 0.05) is 6.20 Å². The lowest BCUT2D eigenvalue weighted by Crippen LogP contribution is -2.48. The van der Waals surface area contributed by atoms with Crippen molar-refractivity contribution in [3.63, 3.8) is 0 Å². The van der Waals surface area contributed by atoms with Crippen LogP contribution in [0.25, 0.3) is 0 Å². The van der Waals surface area contributed by atoms with Gasteiger partial charge in [-0.1, -0.05) is 0 Å². The fourth-order valence-corrected chi connectivity index (χ4v) is 2.16. The van der Waals surface area contributed by atoms with Crippen molar-refractivity contribution in [3.05, 3.63) is 12.3 Å². The van der Waals surface area contributed by atoms with Crippen molar-refractivity contribution < 1.29 is 19.3 Å². The lowest BCUT2D eigenvalue weighted by atomic mass is 10.1. The third-order valence-corrected chi connectivity index (χ3v) is 3.09. The fourth-order valence-electron chi connectivity index (χ4n) is 2.16. The van der Waals surface area contributed by atoms with E-state index in [1.807, 2.05) is 0 Å². The van der Waals surface area contributed by atoms with Gasteiger partial charge in [0.2, 0.25) is 6.35 Å². The molecule has 0 spiro atoms. The molecule has 0 radical (unpaired) electrons. The Morgan fingerprint density at radius 2 is 2.39 bits per heavy atom. The summed E-state index contributed by atoms with van der Waals surface area (Å²) in [6.07, 6.45) is -1.49. The van der Waals surface area contributed by atoms with Gasteiger partial charge in [-0.3, -0.25) is 0 Å². The molecule has 0 bridgehead atoms. The molecule has 0 saturated carbocycles. The number of rotatable bonds is 3. The number of hydrogen-bond acceptors (Lipinski definition) is 7. The molecule has 2 heterocycles. The van der Waals surface area contributed by atoms with Crippen LogP contribution >= 0.6 is 0 Å². The molecule has 1 saturated heterocycles. The van der Waals surface area contributed by atoms with Gasteiger partial charge < -0.3 is 30.9 Å². The van der Waals surface area contributed by atoms with E-state index in [-0.39, 0.29) is 12.4 Å². The van der Waals surface area contributed by atoms with E-state index in [0.717, 1.165) is 0 Å². The van der Waals surface area contributed by atoms with E-state index >= 15 is 0 Å². The highest BCUT2D eigenvalue weighted by molar-refractivity contribution is 5.91. The zero-order chi connectivity index (χ0) is 13.3. The van der Waals surface area contributed by atoms with Crippen LogP contribution in [0.2, 0.25) is 0 Å². The zero-order valence-electron chi connectivity index (χ0n) is 9.90. The number of amidine groups is 1. The summed E-state index contributed by atoms with van der Waals surface area (Å²) in [5.74, 6) is 0.163. The highest BCUT2D eigenvalue weighted by Crippen LogP contribution is 2.28. The number of aliphatic imine (C=N–C) groups is 1. The molecule has 8 heteroatoms. The maximum Gasteiger partial charge on any atom is 0.229 e. The van der Waals surface area contributed by atoms with Crippen LogP contribution in [0.5, 0.6) is 0 Å². The third kappa shape index (κ3) is 2.19. The second-order valence-corrected chi connectivity index (χ2v) is 4.17. The molecule has 1 fully saturated rings. The van der Waals surface area contributed by atoms with E-state index in [0.29, 0.717) is 0 Å².